The van der Waals surface area contributed by atoms with Gasteiger partial charge in [0, 0.05) is 31.5 Å². The number of aromatic nitrogens is 2. The highest BCUT2D eigenvalue weighted by molar-refractivity contribution is 5.56. The average Bonchev–Trinajstić information content (AvgIpc) is 3.06. The van der Waals surface area contributed by atoms with Crippen molar-refractivity contribution in [3.05, 3.63) is 36.7 Å². The molecule has 2 aromatic rings. The first kappa shape index (κ1) is 19.5. The van der Waals surface area contributed by atoms with E-state index in [1.165, 1.54) is 38.8 Å². The van der Waals surface area contributed by atoms with Crippen molar-refractivity contribution in [2.75, 3.05) is 26.2 Å². The van der Waals surface area contributed by atoms with Crippen LogP contribution in [0.3, 0.4) is 0 Å². The van der Waals surface area contributed by atoms with E-state index >= 15 is 0 Å². The number of hydrogen-bond donors (Lipinski definition) is 0. The van der Waals surface area contributed by atoms with E-state index in [-0.39, 0.29) is 0 Å². The van der Waals surface area contributed by atoms with Gasteiger partial charge in [0.05, 0.1) is 6.61 Å². The minimum atomic E-state index is 0.774. The maximum atomic E-state index is 5.91. The van der Waals surface area contributed by atoms with Crippen molar-refractivity contribution in [1.82, 2.24) is 14.5 Å². The Kier molecular flexibility index (Phi) is 8.53. The molecule has 0 radical (unpaired) electrons. The van der Waals surface area contributed by atoms with Gasteiger partial charge in [-0.15, -0.1) is 0 Å². The molecule has 4 heteroatoms. The highest BCUT2D eigenvalue weighted by Crippen LogP contribution is 2.20. The molecular formula is C21H33N3O. The Morgan fingerprint density at radius 1 is 0.960 bits per heavy atom. The number of ether oxygens (including phenoxy) is 1. The van der Waals surface area contributed by atoms with Gasteiger partial charge in [0.15, 0.2) is 0 Å². The molecule has 0 bridgehead atoms. The van der Waals surface area contributed by atoms with Crippen LogP contribution in [0.15, 0.2) is 36.7 Å². The van der Waals surface area contributed by atoms with E-state index in [9.17, 15) is 0 Å². The lowest BCUT2D eigenvalue weighted by Gasteiger charge is -2.21. The Morgan fingerprint density at radius 3 is 2.16 bits per heavy atom. The average molecular weight is 344 g/mol. The molecule has 25 heavy (non-hydrogen) atoms. The zero-order valence-electron chi connectivity index (χ0n) is 16.1. The number of benzene rings is 1. The second-order valence-electron chi connectivity index (χ2n) is 6.64. The standard InChI is InChI=1S/C21H33N3O/c1-4-6-14-24(15-7-5-2)16-8-18-25-20-11-9-19(10-12-20)21-22-13-17-23(21)3/h9-13,17H,4-8,14-16,18H2,1-3H3. The molecule has 0 saturated heterocycles. The number of aryl methyl sites for hydroxylation is 1. The molecule has 0 N–H and O–H groups in total. The van der Waals surface area contributed by atoms with Gasteiger partial charge in [-0.1, -0.05) is 26.7 Å². The van der Waals surface area contributed by atoms with Crippen LogP contribution < -0.4 is 4.74 Å². The summed E-state index contributed by atoms with van der Waals surface area (Å²) in [5.74, 6) is 1.92. The first-order valence-corrected chi connectivity index (χ1v) is 9.67. The Labute approximate surface area is 152 Å². The van der Waals surface area contributed by atoms with Crippen LogP contribution >= 0.6 is 0 Å². The molecule has 0 fully saturated rings. The van der Waals surface area contributed by atoms with Crippen LogP contribution in [0.25, 0.3) is 11.4 Å². The van der Waals surface area contributed by atoms with E-state index in [0.717, 1.165) is 36.7 Å². The highest BCUT2D eigenvalue weighted by Gasteiger charge is 2.05. The zero-order chi connectivity index (χ0) is 17.9. The summed E-state index contributed by atoms with van der Waals surface area (Å²) in [4.78, 5) is 6.96. The molecule has 0 saturated carbocycles. The molecule has 0 aliphatic heterocycles. The summed E-state index contributed by atoms with van der Waals surface area (Å²) in [6.45, 7) is 8.86. The molecule has 1 aromatic heterocycles. The Bertz CT molecular complexity index is 583. The summed E-state index contributed by atoms with van der Waals surface area (Å²) in [7, 11) is 2.01. The summed E-state index contributed by atoms with van der Waals surface area (Å²) in [5.41, 5.74) is 1.12. The summed E-state index contributed by atoms with van der Waals surface area (Å²) >= 11 is 0. The fourth-order valence-corrected chi connectivity index (χ4v) is 2.92. The van der Waals surface area contributed by atoms with Gasteiger partial charge in [-0.05, 0) is 56.6 Å². The molecule has 1 heterocycles. The van der Waals surface area contributed by atoms with Crippen LogP contribution in [-0.2, 0) is 7.05 Å². The van der Waals surface area contributed by atoms with Gasteiger partial charge in [0.2, 0.25) is 0 Å². The second-order valence-corrected chi connectivity index (χ2v) is 6.64. The van der Waals surface area contributed by atoms with Crippen molar-refractivity contribution in [2.24, 2.45) is 7.05 Å². The molecule has 2 rings (SSSR count). The molecule has 0 amide bonds. The second kappa shape index (κ2) is 10.9. The Balaban J connectivity index is 1.74. The zero-order valence-corrected chi connectivity index (χ0v) is 16.1. The fourth-order valence-electron chi connectivity index (χ4n) is 2.92. The van der Waals surface area contributed by atoms with Crippen LogP contribution in [0.1, 0.15) is 46.0 Å². The molecule has 0 atom stereocenters. The minimum Gasteiger partial charge on any atom is -0.494 e. The number of nitrogens with zero attached hydrogens (tertiary/aromatic N) is 3. The van der Waals surface area contributed by atoms with Gasteiger partial charge in [0.25, 0.3) is 0 Å². The van der Waals surface area contributed by atoms with Gasteiger partial charge in [-0.2, -0.15) is 0 Å². The summed E-state index contributed by atoms with van der Waals surface area (Å²) in [6.07, 6.45) is 9.97. The minimum absolute atomic E-state index is 0.774. The van der Waals surface area contributed by atoms with Crippen LogP contribution in [0.2, 0.25) is 0 Å². The third-order valence-corrected chi connectivity index (χ3v) is 4.48. The van der Waals surface area contributed by atoms with Gasteiger partial charge in [0.1, 0.15) is 11.6 Å². The third-order valence-electron chi connectivity index (χ3n) is 4.48. The molecule has 0 unspecified atom stereocenters. The molecule has 4 nitrogen and oxygen atoms in total. The van der Waals surface area contributed by atoms with E-state index in [0.29, 0.717) is 0 Å². The van der Waals surface area contributed by atoms with E-state index in [1.54, 1.807) is 0 Å². The molecule has 1 aromatic carbocycles. The Morgan fingerprint density at radius 2 is 1.60 bits per heavy atom. The van der Waals surface area contributed by atoms with Gasteiger partial charge in [-0.3, -0.25) is 0 Å². The first-order valence-electron chi connectivity index (χ1n) is 9.67. The largest absolute Gasteiger partial charge is 0.494 e. The van der Waals surface area contributed by atoms with E-state index in [4.69, 9.17) is 4.74 Å². The van der Waals surface area contributed by atoms with Crippen molar-refractivity contribution in [3.8, 4) is 17.1 Å². The van der Waals surface area contributed by atoms with E-state index in [2.05, 4.69) is 35.9 Å². The maximum Gasteiger partial charge on any atom is 0.139 e. The van der Waals surface area contributed by atoms with Crippen LogP contribution in [0.4, 0.5) is 0 Å². The molecular weight excluding hydrogens is 310 g/mol. The SMILES string of the molecule is CCCCN(CCCC)CCCOc1ccc(-c2nccn2C)cc1. The third kappa shape index (κ3) is 6.54. The first-order chi connectivity index (χ1) is 12.2. The van der Waals surface area contributed by atoms with Crippen molar-refractivity contribution < 1.29 is 4.74 Å². The number of unbranched alkanes of at least 4 members (excludes halogenated alkanes) is 2. The quantitative estimate of drug-likeness (QED) is 0.521. The molecule has 0 spiro atoms. The van der Waals surface area contributed by atoms with Gasteiger partial charge < -0.3 is 14.2 Å². The van der Waals surface area contributed by atoms with Crippen LogP contribution in [-0.4, -0.2) is 40.7 Å². The molecule has 0 aliphatic rings. The molecule has 0 aliphatic carbocycles. The maximum absolute atomic E-state index is 5.91. The number of rotatable bonds is 12. The normalized spacial score (nSPS) is 11.2. The highest BCUT2D eigenvalue weighted by atomic mass is 16.5. The lowest BCUT2D eigenvalue weighted by atomic mass is 10.2. The van der Waals surface area contributed by atoms with Gasteiger partial charge in [-0.25, -0.2) is 4.98 Å². The summed E-state index contributed by atoms with van der Waals surface area (Å²) in [6, 6.07) is 8.23. The topological polar surface area (TPSA) is 30.3 Å². The monoisotopic (exact) mass is 343 g/mol. The number of hydrogen-bond acceptors (Lipinski definition) is 3. The lowest BCUT2D eigenvalue weighted by Crippen LogP contribution is -2.28. The number of imidazole rings is 1. The lowest BCUT2D eigenvalue weighted by molar-refractivity contribution is 0.229. The summed E-state index contributed by atoms with van der Waals surface area (Å²) < 4.78 is 7.94. The summed E-state index contributed by atoms with van der Waals surface area (Å²) in [5, 5.41) is 0. The predicted octanol–water partition coefficient (Wildman–Crippen LogP) is 4.76. The van der Waals surface area contributed by atoms with Crippen molar-refractivity contribution >= 4 is 0 Å². The van der Waals surface area contributed by atoms with E-state index < -0.39 is 0 Å². The van der Waals surface area contributed by atoms with Gasteiger partial charge >= 0.3 is 0 Å². The fraction of sp³-hybridized carbons (Fsp3) is 0.571. The van der Waals surface area contributed by atoms with Crippen LogP contribution in [0.5, 0.6) is 5.75 Å². The van der Waals surface area contributed by atoms with E-state index in [1.807, 2.05) is 36.1 Å². The predicted molar refractivity (Wildman–Crippen MR) is 105 cm³/mol. The van der Waals surface area contributed by atoms with Crippen molar-refractivity contribution in [3.63, 3.8) is 0 Å². The Hall–Kier alpha value is -1.81. The molecule has 138 valence electrons. The van der Waals surface area contributed by atoms with Crippen LogP contribution in [0, 0.1) is 0 Å². The smallest absolute Gasteiger partial charge is 0.139 e. The van der Waals surface area contributed by atoms with Crippen molar-refractivity contribution in [1.29, 1.82) is 0 Å². The van der Waals surface area contributed by atoms with Crippen molar-refractivity contribution in [2.45, 2.75) is 46.0 Å².